The lowest BCUT2D eigenvalue weighted by atomic mass is 9.90. The van der Waals surface area contributed by atoms with Crippen LogP contribution in [-0.2, 0) is 32.5 Å². The minimum atomic E-state index is -3.75. The van der Waals surface area contributed by atoms with Gasteiger partial charge in [0.05, 0.1) is 23.7 Å². The number of aromatic nitrogens is 1. The van der Waals surface area contributed by atoms with Crippen LogP contribution in [0.2, 0.25) is 0 Å². The molecule has 8 nitrogen and oxygen atoms in total. The van der Waals surface area contributed by atoms with Gasteiger partial charge in [0.2, 0.25) is 0 Å². The van der Waals surface area contributed by atoms with E-state index in [1.165, 1.54) is 0 Å². The van der Waals surface area contributed by atoms with Gasteiger partial charge in [0.1, 0.15) is 0 Å². The summed E-state index contributed by atoms with van der Waals surface area (Å²) in [5.74, 6) is 0.0262. The number of aliphatic hydroxyl groups excluding tert-OH is 1. The van der Waals surface area contributed by atoms with Crippen LogP contribution in [0.1, 0.15) is 41.7 Å². The third-order valence-electron chi connectivity index (χ3n) is 7.56. The van der Waals surface area contributed by atoms with Crippen LogP contribution < -0.4 is 4.72 Å². The Labute approximate surface area is 248 Å². The van der Waals surface area contributed by atoms with Crippen LogP contribution in [0.5, 0.6) is 0 Å². The molecule has 0 bridgehead atoms. The number of pyridine rings is 1. The summed E-state index contributed by atoms with van der Waals surface area (Å²) in [4.78, 5) is 6.87. The van der Waals surface area contributed by atoms with Crippen molar-refractivity contribution in [1.82, 2.24) is 9.88 Å². The average Bonchev–Trinajstić information content (AvgIpc) is 3.02. The Morgan fingerprint density at radius 1 is 0.905 bits per heavy atom. The van der Waals surface area contributed by atoms with E-state index in [4.69, 9.17) is 9.47 Å². The lowest BCUT2D eigenvalue weighted by Gasteiger charge is -2.42. The molecule has 0 unspecified atom stereocenters. The van der Waals surface area contributed by atoms with Crippen molar-refractivity contribution >= 4 is 15.7 Å². The number of nitrogens with one attached hydrogen (secondary N) is 1. The van der Waals surface area contributed by atoms with Crippen molar-refractivity contribution in [2.75, 3.05) is 24.9 Å². The molecule has 0 amide bonds. The Morgan fingerprint density at radius 2 is 1.67 bits per heavy atom. The number of likely N-dealkylation sites (N-methyl/N-ethyl adjacent to an activating group) is 1. The van der Waals surface area contributed by atoms with Crippen molar-refractivity contribution in [3.8, 4) is 0 Å². The molecule has 0 radical (unpaired) electrons. The van der Waals surface area contributed by atoms with E-state index in [9.17, 15) is 13.5 Å². The van der Waals surface area contributed by atoms with Crippen LogP contribution in [0, 0.1) is 5.92 Å². The van der Waals surface area contributed by atoms with Gasteiger partial charge in [-0.2, -0.15) is 0 Å². The van der Waals surface area contributed by atoms with Crippen molar-refractivity contribution in [2.24, 2.45) is 5.92 Å². The molecular weight excluding hydrogens is 550 g/mol. The highest BCUT2D eigenvalue weighted by atomic mass is 32.2. The van der Waals surface area contributed by atoms with Crippen LogP contribution in [0.4, 0.5) is 5.69 Å². The van der Waals surface area contributed by atoms with Gasteiger partial charge in [0, 0.05) is 48.6 Å². The summed E-state index contributed by atoms with van der Waals surface area (Å²) in [6.07, 6.45) is 1.50. The molecule has 0 saturated carbocycles. The van der Waals surface area contributed by atoms with Crippen molar-refractivity contribution in [1.29, 1.82) is 0 Å². The number of aliphatic hydroxyl groups is 1. The topological polar surface area (TPSA) is 101 Å². The molecule has 1 aliphatic heterocycles. The van der Waals surface area contributed by atoms with Gasteiger partial charge < -0.3 is 19.5 Å². The molecule has 0 spiro atoms. The molecule has 2 N–H and O–H groups in total. The fourth-order valence-corrected chi connectivity index (χ4v) is 6.21. The first kappa shape index (κ1) is 29.9. The van der Waals surface area contributed by atoms with Crippen molar-refractivity contribution < 1.29 is 23.0 Å². The summed E-state index contributed by atoms with van der Waals surface area (Å²) in [5.41, 5.74) is 4.01. The van der Waals surface area contributed by atoms with Gasteiger partial charge in [0.15, 0.2) is 6.29 Å². The first-order valence-corrected chi connectivity index (χ1v) is 15.6. The molecule has 5 rings (SSSR count). The van der Waals surface area contributed by atoms with Crippen molar-refractivity contribution in [2.45, 2.75) is 43.3 Å². The molecule has 220 valence electrons. The molecule has 1 aromatic heterocycles. The van der Waals surface area contributed by atoms with Gasteiger partial charge >= 0.3 is 0 Å². The van der Waals surface area contributed by atoms with Crippen molar-refractivity contribution in [3.05, 3.63) is 126 Å². The highest BCUT2D eigenvalue weighted by Crippen LogP contribution is 2.42. The number of hydrogen-bond acceptors (Lipinski definition) is 7. The molecule has 1 aliphatic rings. The van der Waals surface area contributed by atoms with Gasteiger partial charge in [-0.25, -0.2) is 8.42 Å². The highest BCUT2D eigenvalue weighted by molar-refractivity contribution is 7.92. The van der Waals surface area contributed by atoms with E-state index in [1.54, 1.807) is 48.5 Å². The van der Waals surface area contributed by atoms with E-state index in [0.29, 0.717) is 17.8 Å². The van der Waals surface area contributed by atoms with Crippen molar-refractivity contribution in [3.63, 3.8) is 0 Å². The predicted octanol–water partition coefficient (Wildman–Crippen LogP) is 5.34. The minimum Gasteiger partial charge on any atom is -0.392 e. The number of anilines is 1. The number of hydrogen-bond donors (Lipinski definition) is 2. The second-order valence-electron chi connectivity index (χ2n) is 10.7. The standard InChI is InChI=1S/C33H37N3O5S/c1-24-31(22-36(2)20-18-28-10-6-7-19-34-28)40-33(41-32(24)26-16-14-25(23-37)15-17-26)27-9-8-11-29(21-27)35-42(38,39)30-12-4-3-5-13-30/h3-17,19,21,24,31-33,35,37H,18,20,22-23H2,1-2H3/t24-,31+,32+,33+/m0/s1. The fraction of sp³-hybridized carbons (Fsp3) is 0.303. The molecule has 4 atom stereocenters. The molecule has 4 aromatic rings. The first-order valence-electron chi connectivity index (χ1n) is 14.1. The smallest absolute Gasteiger partial charge is 0.261 e. The number of ether oxygens (including phenoxy) is 2. The molecule has 3 aromatic carbocycles. The zero-order valence-corrected chi connectivity index (χ0v) is 24.7. The normalized spacial score (nSPS) is 20.9. The molecule has 0 aliphatic carbocycles. The monoisotopic (exact) mass is 587 g/mol. The van der Waals surface area contributed by atoms with Gasteiger partial charge in [-0.1, -0.05) is 67.6 Å². The Balaban J connectivity index is 1.37. The average molecular weight is 588 g/mol. The summed E-state index contributed by atoms with van der Waals surface area (Å²) in [6, 6.07) is 29.2. The lowest BCUT2D eigenvalue weighted by molar-refractivity contribution is -0.275. The van der Waals surface area contributed by atoms with Gasteiger partial charge in [-0.15, -0.1) is 0 Å². The Hall–Kier alpha value is -3.60. The maximum Gasteiger partial charge on any atom is 0.261 e. The van der Waals surface area contributed by atoms with Crippen LogP contribution in [0.3, 0.4) is 0 Å². The Kier molecular flexibility index (Phi) is 9.66. The summed E-state index contributed by atoms with van der Waals surface area (Å²) in [5, 5.41) is 9.52. The van der Waals surface area contributed by atoms with E-state index in [-0.39, 0.29) is 29.6 Å². The number of sulfonamides is 1. The summed E-state index contributed by atoms with van der Waals surface area (Å²) < 4.78 is 41.7. The molecule has 1 saturated heterocycles. The summed E-state index contributed by atoms with van der Waals surface area (Å²) >= 11 is 0. The van der Waals surface area contributed by atoms with Gasteiger partial charge in [0.25, 0.3) is 10.0 Å². The summed E-state index contributed by atoms with van der Waals surface area (Å²) in [6.45, 7) is 3.60. The van der Waals surface area contributed by atoms with E-state index < -0.39 is 16.3 Å². The quantitative estimate of drug-likeness (QED) is 0.244. The number of rotatable bonds is 11. The van der Waals surface area contributed by atoms with Crippen LogP contribution in [0.25, 0.3) is 0 Å². The summed E-state index contributed by atoms with van der Waals surface area (Å²) in [7, 11) is -1.67. The maximum atomic E-state index is 13.0. The predicted molar refractivity (Wildman–Crippen MR) is 162 cm³/mol. The van der Waals surface area contributed by atoms with E-state index in [1.807, 2.05) is 54.7 Å². The first-order chi connectivity index (χ1) is 20.3. The molecule has 9 heteroatoms. The highest BCUT2D eigenvalue weighted by Gasteiger charge is 2.39. The van der Waals surface area contributed by atoms with Crippen LogP contribution >= 0.6 is 0 Å². The zero-order chi connectivity index (χ0) is 29.5. The van der Waals surface area contributed by atoms with E-state index in [0.717, 1.165) is 29.8 Å². The molecular formula is C33H37N3O5S. The lowest BCUT2D eigenvalue weighted by Crippen LogP contribution is -2.44. The Morgan fingerprint density at radius 3 is 2.38 bits per heavy atom. The second-order valence-corrected chi connectivity index (χ2v) is 12.4. The van der Waals surface area contributed by atoms with Crippen LogP contribution in [0.15, 0.2) is 108 Å². The Bertz CT molecular complexity index is 1540. The molecule has 2 heterocycles. The third kappa shape index (κ3) is 7.42. The number of benzene rings is 3. The SMILES string of the molecule is C[C@H]1[C@@H](CN(C)CCc2ccccn2)O[C@@H](c2cccc(NS(=O)(=O)c3ccccc3)c2)O[C@H]1c1ccc(CO)cc1. The van der Waals surface area contributed by atoms with Crippen LogP contribution in [-0.4, -0.2) is 49.6 Å². The zero-order valence-electron chi connectivity index (χ0n) is 23.8. The fourth-order valence-electron chi connectivity index (χ4n) is 5.14. The molecule has 1 fully saturated rings. The molecule has 42 heavy (non-hydrogen) atoms. The number of nitrogens with zero attached hydrogens (tertiary/aromatic N) is 2. The van der Waals surface area contributed by atoms with Gasteiger partial charge in [-0.3, -0.25) is 9.71 Å². The second kappa shape index (κ2) is 13.6. The van der Waals surface area contributed by atoms with E-state index in [2.05, 4.69) is 28.6 Å². The van der Waals surface area contributed by atoms with E-state index >= 15 is 0 Å². The third-order valence-corrected chi connectivity index (χ3v) is 8.95. The maximum absolute atomic E-state index is 13.0. The van der Waals surface area contributed by atoms with Gasteiger partial charge in [-0.05, 0) is 54.6 Å². The largest absolute Gasteiger partial charge is 0.392 e. The minimum absolute atomic E-state index is 0.0253.